The first-order chi connectivity index (χ1) is 11.9. The van der Waals surface area contributed by atoms with E-state index < -0.39 is 13.0 Å². The zero-order valence-electron chi connectivity index (χ0n) is 15.3. The van der Waals surface area contributed by atoms with Crippen molar-refractivity contribution >= 4 is 6.03 Å². The second kappa shape index (κ2) is 9.10. The molecule has 6 nitrogen and oxygen atoms in total. The molecule has 2 amide bonds. The van der Waals surface area contributed by atoms with Gasteiger partial charge in [-0.1, -0.05) is 26.7 Å². The number of halogens is 2. The molecule has 1 aliphatic rings. The van der Waals surface area contributed by atoms with Gasteiger partial charge in [-0.25, -0.2) is 23.2 Å². The molecule has 0 spiro atoms. The van der Waals surface area contributed by atoms with E-state index in [4.69, 9.17) is 0 Å². The summed E-state index contributed by atoms with van der Waals surface area (Å²) in [6.45, 7) is 4.16. The molecule has 1 N–H and O–H groups in total. The number of rotatable bonds is 6. The minimum atomic E-state index is -2.50. The molecule has 1 aliphatic carbocycles. The van der Waals surface area contributed by atoms with E-state index in [1.54, 1.807) is 7.05 Å². The van der Waals surface area contributed by atoms with Crippen LogP contribution < -0.4 is 5.32 Å². The average Bonchev–Trinajstić information content (AvgIpc) is 2.82. The van der Waals surface area contributed by atoms with Crippen LogP contribution >= 0.6 is 0 Å². The van der Waals surface area contributed by atoms with Gasteiger partial charge < -0.3 is 10.2 Å². The van der Waals surface area contributed by atoms with Gasteiger partial charge in [0, 0.05) is 13.1 Å². The average molecular weight is 357 g/mol. The Morgan fingerprint density at radius 3 is 2.80 bits per heavy atom. The van der Waals surface area contributed by atoms with Crippen molar-refractivity contribution < 1.29 is 13.6 Å². The Morgan fingerprint density at radius 1 is 1.36 bits per heavy atom. The highest BCUT2D eigenvalue weighted by molar-refractivity contribution is 5.74. The van der Waals surface area contributed by atoms with E-state index in [9.17, 15) is 13.6 Å². The molecule has 142 valence electrons. The second-order valence-electron chi connectivity index (χ2n) is 7.26. The summed E-state index contributed by atoms with van der Waals surface area (Å²) in [5.74, 6) is 1.77. The predicted molar refractivity (Wildman–Crippen MR) is 91.2 cm³/mol. The highest BCUT2D eigenvalue weighted by Gasteiger charge is 2.23. The quantitative estimate of drug-likeness (QED) is 0.795. The van der Waals surface area contributed by atoms with Gasteiger partial charge in [-0.05, 0) is 31.1 Å². The van der Waals surface area contributed by atoms with E-state index in [0.29, 0.717) is 11.7 Å². The monoisotopic (exact) mass is 357 g/mol. The van der Waals surface area contributed by atoms with Gasteiger partial charge >= 0.3 is 6.03 Å². The van der Waals surface area contributed by atoms with Crippen molar-refractivity contribution in [2.75, 3.05) is 7.05 Å². The Morgan fingerprint density at radius 2 is 2.12 bits per heavy atom. The first-order valence-corrected chi connectivity index (χ1v) is 9.03. The van der Waals surface area contributed by atoms with Crippen molar-refractivity contribution in [2.24, 2.45) is 11.8 Å². The molecule has 0 radical (unpaired) electrons. The Bertz CT molecular complexity index is 549. The molecule has 2 unspecified atom stereocenters. The minimum absolute atomic E-state index is 0.153. The van der Waals surface area contributed by atoms with Crippen LogP contribution in [0.4, 0.5) is 13.6 Å². The van der Waals surface area contributed by atoms with Crippen LogP contribution in [-0.4, -0.2) is 45.2 Å². The highest BCUT2D eigenvalue weighted by atomic mass is 19.3. The molecule has 8 heteroatoms. The van der Waals surface area contributed by atoms with E-state index in [0.717, 1.165) is 36.3 Å². The fraction of sp³-hybridized carbons (Fsp3) is 0.824. The Labute approximate surface area is 148 Å². The van der Waals surface area contributed by atoms with Crippen LogP contribution in [0.25, 0.3) is 0 Å². The summed E-state index contributed by atoms with van der Waals surface area (Å²) in [5, 5.41) is 6.86. The summed E-state index contributed by atoms with van der Waals surface area (Å²) >= 11 is 0. The molecule has 0 aromatic carbocycles. The smallest absolute Gasteiger partial charge is 0.317 e. The van der Waals surface area contributed by atoms with Crippen molar-refractivity contribution in [3.05, 3.63) is 12.2 Å². The number of hydrogen-bond acceptors (Lipinski definition) is 3. The van der Waals surface area contributed by atoms with E-state index in [1.165, 1.54) is 17.6 Å². The zero-order valence-corrected chi connectivity index (χ0v) is 15.3. The van der Waals surface area contributed by atoms with Gasteiger partial charge in [-0.15, -0.1) is 0 Å². The molecule has 0 bridgehead atoms. The third-order valence-electron chi connectivity index (χ3n) is 5.02. The van der Waals surface area contributed by atoms with E-state index in [-0.39, 0.29) is 18.6 Å². The molecule has 25 heavy (non-hydrogen) atoms. The van der Waals surface area contributed by atoms with E-state index in [1.807, 2.05) is 0 Å². The van der Waals surface area contributed by atoms with Crippen molar-refractivity contribution in [3.63, 3.8) is 0 Å². The largest absolute Gasteiger partial charge is 0.335 e. The van der Waals surface area contributed by atoms with Crippen LogP contribution in [0, 0.1) is 11.8 Å². The normalized spacial score (nSPS) is 21.4. The second-order valence-corrected chi connectivity index (χ2v) is 7.26. The van der Waals surface area contributed by atoms with E-state index >= 15 is 0 Å². The lowest BCUT2D eigenvalue weighted by molar-refractivity contribution is 0.119. The third kappa shape index (κ3) is 5.93. The zero-order chi connectivity index (χ0) is 18.4. The number of amides is 2. The first-order valence-electron chi connectivity index (χ1n) is 9.03. The molecule has 2 atom stereocenters. The number of hydrogen-bond donors (Lipinski definition) is 1. The summed E-state index contributed by atoms with van der Waals surface area (Å²) in [4.78, 5) is 17.9. The van der Waals surface area contributed by atoms with Crippen LogP contribution in [0.1, 0.15) is 51.8 Å². The number of carbonyl (C=O) groups is 1. The van der Waals surface area contributed by atoms with Crippen molar-refractivity contribution in [1.82, 2.24) is 25.0 Å². The van der Waals surface area contributed by atoms with Crippen LogP contribution in [0.3, 0.4) is 0 Å². The molecule has 1 saturated carbocycles. The molecule has 2 rings (SSSR count). The molecule has 1 fully saturated rings. The van der Waals surface area contributed by atoms with Gasteiger partial charge in [0.05, 0.1) is 6.54 Å². The SMILES string of the molecule is CC(C)C1CCCC(NC(=O)N(C)Cc2ncnn2CC(F)F)CC1. The van der Waals surface area contributed by atoms with Gasteiger partial charge in [0.1, 0.15) is 18.7 Å². The standard InChI is InChI=1S/C17H29F2N5O/c1-12(2)13-5-4-6-14(8-7-13)22-17(25)23(3)10-16-20-11-21-24(16)9-15(18)19/h11-15H,4-10H2,1-3H3,(H,22,25). The maximum Gasteiger partial charge on any atom is 0.317 e. The van der Waals surface area contributed by atoms with Gasteiger partial charge in [0.15, 0.2) is 0 Å². The lowest BCUT2D eigenvalue weighted by atomic mass is 9.89. The van der Waals surface area contributed by atoms with Crippen LogP contribution in [0.2, 0.25) is 0 Å². The maximum absolute atomic E-state index is 12.5. The molecule has 0 aliphatic heterocycles. The molecule has 1 heterocycles. The molecular formula is C17H29F2N5O. The fourth-order valence-corrected chi connectivity index (χ4v) is 3.40. The van der Waals surface area contributed by atoms with Crippen LogP contribution in [0.5, 0.6) is 0 Å². The van der Waals surface area contributed by atoms with Crippen molar-refractivity contribution in [2.45, 2.75) is 71.5 Å². The van der Waals surface area contributed by atoms with Crippen LogP contribution in [0.15, 0.2) is 6.33 Å². The van der Waals surface area contributed by atoms with Crippen molar-refractivity contribution in [1.29, 1.82) is 0 Å². The fourth-order valence-electron chi connectivity index (χ4n) is 3.40. The van der Waals surface area contributed by atoms with Gasteiger partial charge in [0.2, 0.25) is 0 Å². The Balaban J connectivity index is 1.85. The van der Waals surface area contributed by atoms with Gasteiger partial charge in [-0.3, -0.25) is 0 Å². The number of carbonyl (C=O) groups excluding carboxylic acids is 1. The number of nitrogens with zero attached hydrogens (tertiary/aromatic N) is 4. The summed E-state index contributed by atoms with van der Waals surface area (Å²) in [6, 6.07) is -0.0165. The van der Waals surface area contributed by atoms with Gasteiger partial charge in [0.25, 0.3) is 6.43 Å². The van der Waals surface area contributed by atoms with E-state index in [2.05, 4.69) is 29.2 Å². The maximum atomic E-state index is 12.5. The topological polar surface area (TPSA) is 63.1 Å². The Hall–Kier alpha value is -1.73. The summed E-state index contributed by atoms with van der Waals surface area (Å²) in [6.07, 6.45) is 4.19. The molecular weight excluding hydrogens is 328 g/mol. The summed E-state index contributed by atoms with van der Waals surface area (Å²) in [5.41, 5.74) is 0. The summed E-state index contributed by atoms with van der Waals surface area (Å²) in [7, 11) is 1.64. The lowest BCUT2D eigenvalue weighted by Gasteiger charge is -2.23. The number of urea groups is 1. The predicted octanol–water partition coefficient (Wildman–Crippen LogP) is 3.29. The minimum Gasteiger partial charge on any atom is -0.335 e. The number of aromatic nitrogens is 3. The first kappa shape index (κ1) is 19.6. The van der Waals surface area contributed by atoms with Gasteiger partial charge in [-0.2, -0.15) is 5.10 Å². The molecule has 1 aromatic heterocycles. The van der Waals surface area contributed by atoms with Crippen LogP contribution in [-0.2, 0) is 13.1 Å². The highest BCUT2D eigenvalue weighted by Crippen LogP contribution is 2.28. The molecule has 0 saturated heterocycles. The number of nitrogens with one attached hydrogen (secondary N) is 1. The lowest BCUT2D eigenvalue weighted by Crippen LogP contribution is -2.43. The summed E-state index contributed by atoms with van der Waals surface area (Å²) < 4.78 is 26.2. The Kier molecular flexibility index (Phi) is 7.13. The van der Waals surface area contributed by atoms with Crippen molar-refractivity contribution in [3.8, 4) is 0 Å². The number of alkyl halides is 2. The third-order valence-corrected chi connectivity index (χ3v) is 5.02. The molecule has 1 aromatic rings.